The second kappa shape index (κ2) is 14.2. The molecule has 2 amide bonds. The second-order valence-corrected chi connectivity index (χ2v) is 12.9. The van der Waals surface area contributed by atoms with E-state index in [0.29, 0.717) is 52.7 Å². The fourth-order valence-electron chi connectivity index (χ4n) is 5.70. The molecule has 10 heteroatoms. The standard InChI is InChI=1S/C16H19N5O2.C15H20N2S.C2H6/c1-10-3-2-6-21(9-10)16(23)15(22)20-13-8-18-7-12-11(13)4-5-19-14(12)17;1-15(2)10-11(8-9-17(15)3)14-16-12-6-4-5-7-13(12)18-14;1-2/h4-5,7-8,10H,2-3,6,9H2,1H3,(H2,17,19)(H,20,22);4-7,11H,8-10H2,1-3H3;1-2H3. The number of likely N-dealkylation sites (tertiary alicyclic amines) is 2. The summed E-state index contributed by atoms with van der Waals surface area (Å²) in [5.41, 5.74) is 7.72. The van der Waals surface area contributed by atoms with Crippen LogP contribution in [-0.2, 0) is 9.59 Å². The van der Waals surface area contributed by atoms with Crippen LogP contribution in [0.25, 0.3) is 21.0 Å². The van der Waals surface area contributed by atoms with Gasteiger partial charge in [0.1, 0.15) is 5.82 Å². The maximum Gasteiger partial charge on any atom is 0.313 e. The van der Waals surface area contributed by atoms with Gasteiger partial charge in [-0.15, -0.1) is 11.3 Å². The van der Waals surface area contributed by atoms with Gasteiger partial charge < -0.3 is 20.9 Å². The molecule has 9 nitrogen and oxygen atoms in total. The number of thiazole rings is 1. The number of anilines is 2. The number of nitrogens with one attached hydrogen (secondary N) is 1. The van der Waals surface area contributed by atoms with Gasteiger partial charge >= 0.3 is 11.8 Å². The smallest absolute Gasteiger partial charge is 0.313 e. The van der Waals surface area contributed by atoms with Gasteiger partial charge in [-0.05, 0) is 77.2 Å². The van der Waals surface area contributed by atoms with E-state index in [0.717, 1.165) is 18.4 Å². The molecule has 43 heavy (non-hydrogen) atoms. The van der Waals surface area contributed by atoms with Crippen molar-refractivity contribution in [1.29, 1.82) is 0 Å². The summed E-state index contributed by atoms with van der Waals surface area (Å²) < 4.78 is 1.32. The monoisotopic (exact) mass is 603 g/mol. The minimum Gasteiger partial charge on any atom is -0.383 e. The lowest BCUT2D eigenvalue weighted by Crippen LogP contribution is -2.46. The van der Waals surface area contributed by atoms with Crippen LogP contribution >= 0.6 is 11.3 Å². The third-order valence-electron chi connectivity index (χ3n) is 8.36. The van der Waals surface area contributed by atoms with Crippen molar-refractivity contribution in [3.05, 3.63) is 53.9 Å². The van der Waals surface area contributed by atoms with E-state index in [4.69, 9.17) is 10.7 Å². The third-order valence-corrected chi connectivity index (χ3v) is 9.56. The van der Waals surface area contributed by atoms with Crippen LogP contribution in [0.15, 0.2) is 48.9 Å². The van der Waals surface area contributed by atoms with Crippen LogP contribution in [-0.4, -0.2) is 68.8 Å². The summed E-state index contributed by atoms with van der Waals surface area (Å²) in [5.74, 6) is 0.237. The number of rotatable bonds is 2. The van der Waals surface area contributed by atoms with Gasteiger partial charge in [0.2, 0.25) is 0 Å². The van der Waals surface area contributed by atoms with Gasteiger partial charge in [0, 0.05) is 47.7 Å². The predicted molar refractivity (Wildman–Crippen MR) is 177 cm³/mol. The molecule has 2 saturated heterocycles. The Bertz CT molecular complexity index is 1520. The van der Waals surface area contributed by atoms with E-state index in [-0.39, 0.29) is 0 Å². The van der Waals surface area contributed by atoms with E-state index in [2.05, 4.69) is 72.3 Å². The van der Waals surface area contributed by atoms with Gasteiger partial charge in [0.25, 0.3) is 0 Å². The molecule has 0 radical (unpaired) electrons. The summed E-state index contributed by atoms with van der Waals surface area (Å²) in [5, 5.41) is 5.33. The highest BCUT2D eigenvalue weighted by atomic mass is 32.1. The lowest BCUT2D eigenvalue weighted by atomic mass is 9.83. The van der Waals surface area contributed by atoms with E-state index in [1.807, 2.05) is 25.2 Å². The Morgan fingerprint density at radius 1 is 1.07 bits per heavy atom. The number of aromatic nitrogens is 3. The summed E-state index contributed by atoms with van der Waals surface area (Å²) >= 11 is 1.88. The van der Waals surface area contributed by atoms with Crippen molar-refractivity contribution >= 4 is 55.6 Å². The van der Waals surface area contributed by atoms with Gasteiger partial charge in [-0.2, -0.15) is 0 Å². The number of amides is 2. The van der Waals surface area contributed by atoms with E-state index in [1.54, 1.807) is 23.4 Å². The molecule has 1 aromatic carbocycles. The Labute approximate surface area is 258 Å². The van der Waals surface area contributed by atoms with Crippen LogP contribution < -0.4 is 11.1 Å². The first kappa shape index (κ1) is 32.3. The molecular formula is C33H45N7O2S. The molecule has 6 rings (SSSR count). The number of piperidine rings is 2. The first-order chi connectivity index (χ1) is 20.6. The zero-order chi connectivity index (χ0) is 31.1. The molecule has 2 aliphatic rings. The van der Waals surface area contributed by atoms with Gasteiger partial charge in [0.05, 0.1) is 27.1 Å². The zero-order valence-corrected chi connectivity index (χ0v) is 27.1. The van der Waals surface area contributed by atoms with Gasteiger partial charge in [0.15, 0.2) is 0 Å². The SMILES string of the molecule is CC.CC1CCCN(C(=O)C(=O)Nc2cncc3c(N)nccc23)C1.CN1CCC(c2nc3ccccc3s2)CC1(C)C. The number of fused-ring (bicyclic) bond motifs is 2. The van der Waals surface area contributed by atoms with Gasteiger partial charge in [-0.25, -0.2) is 9.97 Å². The van der Waals surface area contributed by atoms with E-state index < -0.39 is 11.8 Å². The number of pyridine rings is 2. The zero-order valence-electron chi connectivity index (χ0n) is 26.3. The van der Waals surface area contributed by atoms with Crippen molar-refractivity contribution in [3.8, 4) is 0 Å². The molecule has 2 fully saturated rings. The predicted octanol–water partition coefficient (Wildman–Crippen LogP) is 6.32. The highest BCUT2D eigenvalue weighted by Gasteiger charge is 2.34. The first-order valence-corrected chi connectivity index (χ1v) is 16.1. The van der Waals surface area contributed by atoms with Gasteiger partial charge in [-0.3, -0.25) is 14.6 Å². The topological polar surface area (TPSA) is 117 Å². The lowest BCUT2D eigenvalue weighted by Gasteiger charge is -2.43. The Kier molecular flexibility index (Phi) is 10.7. The van der Waals surface area contributed by atoms with Crippen LogP contribution in [0, 0.1) is 5.92 Å². The number of carbonyl (C=O) groups excluding carboxylic acids is 2. The number of nitrogens with two attached hydrogens (primary N) is 1. The molecule has 2 atom stereocenters. The molecule has 0 saturated carbocycles. The van der Waals surface area contributed by atoms with Crippen LogP contribution in [0.2, 0.25) is 0 Å². The summed E-state index contributed by atoms with van der Waals surface area (Å²) in [6.07, 6.45) is 9.11. The molecule has 230 valence electrons. The van der Waals surface area contributed by atoms with Crippen LogP contribution in [0.4, 0.5) is 11.5 Å². The Morgan fingerprint density at radius 2 is 1.84 bits per heavy atom. The molecule has 4 aromatic rings. The minimum absolute atomic E-state index is 0.292. The number of benzene rings is 1. The number of carbonyl (C=O) groups is 2. The number of nitrogen functional groups attached to an aromatic ring is 1. The maximum atomic E-state index is 12.3. The molecule has 5 heterocycles. The third kappa shape index (κ3) is 7.67. The summed E-state index contributed by atoms with van der Waals surface area (Å²) in [6.45, 7) is 13.2. The van der Waals surface area contributed by atoms with Crippen molar-refractivity contribution < 1.29 is 9.59 Å². The van der Waals surface area contributed by atoms with E-state index >= 15 is 0 Å². The highest BCUT2D eigenvalue weighted by Crippen LogP contribution is 2.39. The fourth-order valence-corrected chi connectivity index (χ4v) is 6.80. The Hall–Kier alpha value is -3.63. The number of hydrogen-bond acceptors (Lipinski definition) is 8. The van der Waals surface area contributed by atoms with Crippen LogP contribution in [0.3, 0.4) is 0 Å². The molecule has 3 aromatic heterocycles. The summed E-state index contributed by atoms with van der Waals surface area (Å²) in [6, 6.07) is 10.2. The molecule has 2 unspecified atom stereocenters. The van der Waals surface area contributed by atoms with Crippen molar-refractivity contribution in [2.75, 3.05) is 37.7 Å². The van der Waals surface area contributed by atoms with E-state index in [1.165, 1.54) is 35.3 Å². The first-order valence-electron chi connectivity index (χ1n) is 15.3. The fraction of sp³-hybridized carbons (Fsp3) is 0.485. The molecule has 0 bridgehead atoms. The second-order valence-electron chi connectivity index (χ2n) is 11.9. The maximum absolute atomic E-state index is 12.3. The van der Waals surface area contributed by atoms with Crippen molar-refractivity contribution in [1.82, 2.24) is 24.8 Å². The molecule has 0 aliphatic carbocycles. The van der Waals surface area contributed by atoms with Crippen molar-refractivity contribution in [3.63, 3.8) is 0 Å². The lowest BCUT2D eigenvalue weighted by molar-refractivity contribution is -0.144. The molecule has 3 N–H and O–H groups in total. The minimum atomic E-state index is -0.649. The van der Waals surface area contributed by atoms with E-state index in [9.17, 15) is 9.59 Å². The van der Waals surface area contributed by atoms with Crippen LogP contribution in [0.1, 0.15) is 71.2 Å². The number of nitrogens with zero attached hydrogens (tertiary/aromatic N) is 5. The number of para-hydroxylation sites is 1. The average molecular weight is 604 g/mol. The van der Waals surface area contributed by atoms with Gasteiger partial charge in [-0.1, -0.05) is 32.9 Å². The Morgan fingerprint density at radius 3 is 2.56 bits per heavy atom. The summed E-state index contributed by atoms with van der Waals surface area (Å²) in [7, 11) is 2.23. The van der Waals surface area contributed by atoms with Crippen LogP contribution in [0.5, 0.6) is 0 Å². The Balaban J connectivity index is 0.000000191. The number of hydrogen-bond donors (Lipinski definition) is 2. The highest BCUT2D eigenvalue weighted by molar-refractivity contribution is 7.18. The van der Waals surface area contributed by atoms with Crippen molar-refractivity contribution in [2.24, 2.45) is 5.92 Å². The van der Waals surface area contributed by atoms with Crippen molar-refractivity contribution in [2.45, 2.75) is 71.8 Å². The molecule has 0 spiro atoms. The largest absolute Gasteiger partial charge is 0.383 e. The summed E-state index contributed by atoms with van der Waals surface area (Å²) in [4.78, 5) is 41.5. The average Bonchev–Trinajstić information content (AvgIpc) is 3.45. The molecular weight excluding hydrogens is 558 g/mol. The normalized spacial score (nSPS) is 20.0. The molecule has 2 aliphatic heterocycles. The quantitative estimate of drug-likeness (QED) is 0.258.